The monoisotopic (exact) mass is 315 g/mol. The molecule has 1 saturated heterocycles. The highest BCUT2D eigenvalue weighted by Crippen LogP contribution is 2.13. The van der Waals surface area contributed by atoms with Crippen molar-refractivity contribution in [2.45, 2.75) is 12.5 Å². The zero-order valence-corrected chi connectivity index (χ0v) is 13.2. The van der Waals surface area contributed by atoms with Crippen LogP contribution in [0.1, 0.15) is 5.82 Å². The van der Waals surface area contributed by atoms with Crippen LogP contribution in [0.15, 0.2) is 30.3 Å². The van der Waals surface area contributed by atoms with Crippen molar-refractivity contribution < 1.29 is 9.53 Å². The summed E-state index contributed by atoms with van der Waals surface area (Å²) in [5.41, 5.74) is 0.970. The SMILES string of the molecule is CN1CCO[C@@H](C(=O)NCCc2nc(-c3ccccc3)n[nH]2)C1. The highest BCUT2D eigenvalue weighted by molar-refractivity contribution is 5.81. The number of carbonyl (C=O) groups is 1. The third kappa shape index (κ3) is 4.14. The maximum atomic E-state index is 12.1. The van der Waals surface area contributed by atoms with Crippen LogP contribution in [0.2, 0.25) is 0 Å². The molecule has 1 aromatic carbocycles. The Kier molecular flexibility index (Phi) is 4.99. The average Bonchev–Trinajstić information content (AvgIpc) is 3.04. The largest absolute Gasteiger partial charge is 0.366 e. The number of benzene rings is 1. The molecule has 122 valence electrons. The van der Waals surface area contributed by atoms with Crippen molar-refractivity contribution in [2.24, 2.45) is 0 Å². The molecule has 1 fully saturated rings. The van der Waals surface area contributed by atoms with Gasteiger partial charge < -0.3 is 15.0 Å². The van der Waals surface area contributed by atoms with Gasteiger partial charge in [0, 0.05) is 31.6 Å². The van der Waals surface area contributed by atoms with Crippen LogP contribution in [0, 0.1) is 0 Å². The molecule has 1 aromatic heterocycles. The van der Waals surface area contributed by atoms with Gasteiger partial charge in [0.1, 0.15) is 11.9 Å². The second kappa shape index (κ2) is 7.34. The van der Waals surface area contributed by atoms with E-state index >= 15 is 0 Å². The van der Waals surface area contributed by atoms with Crippen LogP contribution in [0.4, 0.5) is 0 Å². The van der Waals surface area contributed by atoms with Gasteiger partial charge in [0.05, 0.1) is 6.61 Å². The van der Waals surface area contributed by atoms with Crippen molar-refractivity contribution in [2.75, 3.05) is 33.3 Å². The summed E-state index contributed by atoms with van der Waals surface area (Å²) in [5.74, 6) is 1.36. The molecule has 3 rings (SSSR count). The number of amides is 1. The van der Waals surface area contributed by atoms with E-state index in [0.29, 0.717) is 31.9 Å². The maximum Gasteiger partial charge on any atom is 0.250 e. The molecular weight excluding hydrogens is 294 g/mol. The van der Waals surface area contributed by atoms with Gasteiger partial charge in [-0.1, -0.05) is 30.3 Å². The smallest absolute Gasteiger partial charge is 0.250 e. The summed E-state index contributed by atoms with van der Waals surface area (Å²) in [6, 6.07) is 9.79. The van der Waals surface area contributed by atoms with Gasteiger partial charge in [-0.25, -0.2) is 4.98 Å². The molecule has 1 aliphatic rings. The van der Waals surface area contributed by atoms with Crippen molar-refractivity contribution in [3.05, 3.63) is 36.2 Å². The summed E-state index contributed by atoms with van der Waals surface area (Å²) < 4.78 is 5.49. The molecule has 0 radical (unpaired) electrons. The highest BCUT2D eigenvalue weighted by atomic mass is 16.5. The summed E-state index contributed by atoms with van der Waals surface area (Å²) in [6.07, 6.45) is 0.220. The Morgan fingerprint density at radius 2 is 2.26 bits per heavy atom. The van der Waals surface area contributed by atoms with E-state index in [-0.39, 0.29) is 12.0 Å². The van der Waals surface area contributed by atoms with E-state index in [1.807, 2.05) is 37.4 Å². The van der Waals surface area contributed by atoms with Crippen LogP contribution in [0.5, 0.6) is 0 Å². The second-order valence-corrected chi connectivity index (χ2v) is 5.63. The Labute approximate surface area is 135 Å². The number of nitrogens with zero attached hydrogens (tertiary/aromatic N) is 3. The van der Waals surface area contributed by atoms with E-state index in [1.165, 1.54) is 0 Å². The minimum atomic E-state index is -0.386. The Bertz CT molecular complexity index is 643. The highest BCUT2D eigenvalue weighted by Gasteiger charge is 2.24. The lowest BCUT2D eigenvalue weighted by Gasteiger charge is -2.29. The Hall–Kier alpha value is -2.25. The van der Waals surface area contributed by atoms with Crippen molar-refractivity contribution in [1.29, 1.82) is 0 Å². The summed E-state index contributed by atoms with van der Waals surface area (Å²) >= 11 is 0. The predicted molar refractivity (Wildman–Crippen MR) is 85.8 cm³/mol. The van der Waals surface area contributed by atoms with Crippen molar-refractivity contribution in [1.82, 2.24) is 25.4 Å². The number of morpholine rings is 1. The number of aromatic amines is 1. The molecule has 0 bridgehead atoms. The van der Waals surface area contributed by atoms with Gasteiger partial charge in [0.15, 0.2) is 5.82 Å². The van der Waals surface area contributed by atoms with E-state index in [9.17, 15) is 4.79 Å². The van der Waals surface area contributed by atoms with Crippen molar-refractivity contribution >= 4 is 5.91 Å². The maximum absolute atomic E-state index is 12.1. The molecule has 0 saturated carbocycles. The standard InChI is InChI=1S/C16H21N5O2/c1-21-9-10-23-13(11-21)16(22)17-8-7-14-18-15(20-19-14)12-5-3-2-4-6-12/h2-6,13H,7-11H2,1H3,(H,17,22)(H,18,19,20)/t13-/m1/s1. The first-order valence-corrected chi connectivity index (χ1v) is 7.77. The molecule has 0 aliphatic carbocycles. The molecule has 1 atom stereocenters. The van der Waals surface area contributed by atoms with Crippen LogP contribution in [0.25, 0.3) is 11.4 Å². The number of likely N-dealkylation sites (N-methyl/N-ethyl adjacent to an activating group) is 1. The third-order valence-electron chi connectivity index (χ3n) is 3.79. The summed E-state index contributed by atoms with van der Waals surface area (Å²) in [6.45, 7) is 2.60. The molecular formula is C16H21N5O2. The lowest BCUT2D eigenvalue weighted by atomic mass is 10.2. The molecule has 2 heterocycles. The minimum absolute atomic E-state index is 0.0700. The number of ether oxygens (including phenoxy) is 1. The normalized spacial score (nSPS) is 18.7. The van der Waals surface area contributed by atoms with Crippen molar-refractivity contribution in [3.63, 3.8) is 0 Å². The number of H-pyrrole nitrogens is 1. The van der Waals surface area contributed by atoms with Crippen LogP contribution in [-0.2, 0) is 16.0 Å². The molecule has 1 aliphatic heterocycles. The van der Waals surface area contributed by atoms with E-state index in [2.05, 4.69) is 25.4 Å². The lowest BCUT2D eigenvalue weighted by Crippen LogP contribution is -2.48. The topological polar surface area (TPSA) is 83.1 Å². The molecule has 7 heteroatoms. The summed E-state index contributed by atoms with van der Waals surface area (Å²) in [7, 11) is 1.99. The van der Waals surface area contributed by atoms with Gasteiger partial charge in [0.2, 0.25) is 5.91 Å². The number of aromatic nitrogens is 3. The number of nitrogens with one attached hydrogen (secondary N) is 2. The van der Waals surface area contributed by atoms with Crippen LogP contribution >= 0.6 is 0 Å². The zero-order valence-electron chi connectivity index (χ0n) is 13.2. The predicted octanol–water partition coefficient (Wildman–Crippen LogP) is 0.461. The molecule has 0 unspecified atom stereocenters. The molecule has 2 N–H and O–H groups in total. The molecule has 0 spiro atoms. The lowest BCUT2D eigenvalue weighted by molar-refractivity contribution is -0.137. The Morgan fingerprint density at radius 3 is 3.04 bits per heavy atom. The van der Waals surface area contributed by atoms with E-state index in [4.69, 9.17) is 4.74 Å². The second-order valence-electron chi connectivity index (χ2n) is 5.63. The van der Waals surface area contributed by atoms with Gasteiger partial charge in [0.25, 0.3) is 0 Å². The summed E-state index contributed by atoms with van der Waals surface area (Å²) in [4.78, 5) is 18.6. The van der Waals surface area contributed by atoms with E-state index < -0.39 is 0 Å². The van der Waals surface area contributed by atoms with E-state index in [1.54, 1.807) is 0 Å². The van der Waals surface area contributed by atoms with Gasteiger partial charge in [-0.3, -0.25) is 9.89 Å². The molecule has 7 nitrogen and oxygen atoms in total. The average molecular weight is 315 g/mol. The fourth-order valence-corrected chi connectivity index (χ4v) is 2.48. The Morgan fingerprint density at radius 1 is 1.43 bits per heavy atom. The van der Waals surface area contributed by atoms with Crippen LogP contribution in [0.3, 0.4) is 0 Å². The molecule has 1 amide bonds. The van der Waals surface area contributed by atoms with Gasteiger partial charge in [-0.2, -0.15) is 5.10 Å². The first-order valence-electron chi connectivity index (χ1n) is 7.77. The van der Waals surface area contributed by atoms with Crippen LogP contribution < -0.4 is 5.32 Å². The number of hydrogen-bond acceptors (Lipinski definition) is 5. The van der Waals surface area contributed by atoms with Gasteiger partial charge in [-0.05, 0) is 7.05 Å². The quantitative estimate of drug-likeness (QED) is 0.837. The first kappa shape index (κ1) is 15.6. The first-order chi connectivity index (χ1) is 11.2. The fourth-order valence-electron chi connectivity index (χ4n) is 2.48. The number of hydrogen-bond donors (Lipinski definition) is 2. The fraction of sp³-hybridized carbons (Fsp3) is 0.438. The zero-order chi connectivity index (χ0) is 16.1. The Balaban J connectivity index is 1.47. The molecule has 23 heavy (non-hydrogen) atoms. The number of rotatable bonds is 5. The van der Waals surface area contributed by atoms with Crippen LogP contribution in [-0.4, -0.2) is 65.4 Å². The molecule has 2 aromatic rings. The van der Waals surface area contributed by atoms with E-state index in [0.717, 1.165) is 17.9 Å². The minimum Gasteiger partial charge on any atom is -0.366 e. The van der Waals surface area contributed by atoms with Crippen molar-refractivity contribution in [3.8, 4) is 11.4 Å². The number of carbonyl (C=O) groups excluding carboxylic acids is 1. The van der Waals surface area contributed by atoms with Gasteiger partial charge >= 0.3 is 0 Å². The third-order valence-corrected chi connectivity index (χ3v) is 3.79. The van der Waals surface area contributed by atoms with Gasteiger partial charge in [-0.15, -0.1) is 0 Å². The summed E-state index contributed by atoms with van der Waals surface area (Å²) in [5, 5.41) is 10.0.